The summed E-state index contributed by atoms with van der Waals surface area (Å²) >= 11 is 0. The van der Waals surface area contributed by atoms with Gasteiger partial charge >= 0.3 is 0 Å². The third-order valence-electron chi connectivity index (χ3n) is 5.10. The van der Waals surface area contributed by atoms with Gasteiger partial charge in [-0.1, -0.05) is 51.0 Å². The number of hydrogen-bond donors (Lipinski definition) is 1. The molecule has 0 aliphatic heterocycles. The molecule has 0 heterocycles. The number of hydrogen-bond acceptors (Lipinski definition) is 2. The van der Waals surface area contributed by atoms with E-state index in [2.05, 4.69) is 50.1 Å². The molecule has 2 heteroatoms. The minimum Gasteiger partial charge on any atom is -0.329 e. The van der Waals surface area contributed by atoms with Crippen LogP contribution in [0.25, 0.3) is 0 Å². The van der Waals surface area contributed by atoms with E-state index >= 15 is 0 Å². The van der Waals surface area contributed by atoms with E-state index in [4.69, 9.17) is 5.73 Å². The number of nitrogens with zero attached hydrogens (tertiary/aromatic N) is 1. The van der Waals surface area contributed by atoms with E-state index in [1.807, 2.05) is 0 Å². The van der Waals surface area contributed by atoms with Gasteiger partial charge in [-0.25, -0.2) is 0 Å². The summed E-state index contributed by atoms with van der Waals surface area (Å²) in [5.74, 6) is 0.789. The van der Waals surface area contributed by atoms with Crippen molar-refractivity contribution in [1.82, 2.24) is 4.90 Å². The molecule has 1 aliphatic rings. The quantitative estimate of drug-likeness (QED) is 0.886. The van der Waals surface area contributed by atoms with Crippen molar-refractivity contribution >= 4 is 0 Å². The zero-order valence-electron chi connectivity index (χ0n) is 13.3. The van der Waals surface area contributed by atoms with Gasteiger partial charge in [0.2, 0.25) is 0 Å². The van der Waals surface area contributed by atoms with Gasteiger partial charge in [0, 0.05) is 18.6 Å². The Morgan fingerprint density at radius 3 is 2.60 bits per heavy atom. The van der Waals surface area contributed by atoms with E-state index in [1.165, 1.54) is 36.8 Å². The highest BCUT2D eigenvalue weighted by Crippen LogP contribution is 2.33. The molecule has 0 spiro atoms. The highest BCUT2D eigenvalue weighted by molar-refractivity contribution is 5.30. The smallest absolute Gasteiger partial charge is 0.0473 e. The van der Waals surface area contributed by atoms with Crippen LogP contribution in [0.15, 0.2) is 24.3 Å². The molecule has 0 bridgehead atoms. The van der Waals surface area contributed by atoms with Gasteiger partial charge in [0.1, 0.15) is 0 Å². The average Bonchev–Trinajstić information content (AvgIpc) is 2.49. The van der Waals surface area contributed by atoms with Gasteiger partial charge in [-0.2, -0.15) is 0 Å². The summed E-state index contributed by atoms with van der Waals surface area (Å²) in [6.45, 7) is 5.34. The zero-order valence-corrected chi connectivity index (χ0v) is 13.3. The first-order valence-corrected chi connectivity index (χ1v) is 8.18. The fourth-order valence-corrected chi connectivity index (χ4v) is 3.83. The van der Waals surface area contributed by atoms with Crippen LogP contribution >= 0.6 is 0 Å². The Morgan fingerprint density at radius 1 is 1.25 bits per heavy atom. The Balaban J connectivity index is 2.22. The van der Waals surface area contributed by atoms with E-state index in [1.54, 1.807) is 0 Å². The summed E-state index contributed by atoms with van der Waals surface area (Å²) in [5.41, 5.74) is 9.01. The van der Waals surface area contributed by atoms with Gasteiger partial charge in [0.15, 0.2) is 0 Å². The van der Waals surface area contributed by atoms with Crippen molar-refractivity contribution in [3.8, 4) is 0 Å². The lowest BCUT2D eigenvalue weighted by Gasteiger charge is -2.41. The number of likely N-dealkylation sites (N-methyl/N-ethyl adjacent to an activating group) is 1. The molecule has 2 rings (SSSR count). The molecular weight excluding hydrogens is 244 g/mol. The van der Waals surface area contributed by atoms with Crippen LogP contribution in [0, 0.1) is 5.92 Å². The molecule has 3 unspecified atom stereocenters. The van der Waals surface area contributed by atoms with E-state index in [9.17, 15) is 0 Å². The van der Waals surface area contributed by atoms with Crippen LogP contribution in [0.2, 0.25) is 0 Å². The third-order valence-corrected chi connectivity index (χ3v) is 5.10. The Bertz CT molecular complexity index is 416. The second-order valence-corrected chi connectivity index (χ2v) is 6.30. The second-order valence-electron chi connectivity index (χ2n) is 6.30. The molecule has 1 aromatic rings. The molecule has 0 aromatic heterocycles. The van der Waals surface area contributed by atoms with Gasteiger partial charge < -0.3 is 5.73 Å². The first-order chi connectivity index (χ1) is 9.69. The van der Waals surface area contributed by atoms with Gasteiger partial charge in [-0.3, -0.25) is 4.90 Å². The highest BCUT2D eigenvalue weighted by Gasteiger charge is 2.30. The summed E-state index contributed by atoms with van der Waals surface area (Å²) in [7, 11) is 2.27. The summed E-state index contributed by atoms with van der Waals surface area (Å²) in [6.07, 6.45) is 6.53. The SMILES string of the molecule is CCc1ccccc1C(CN)N(C)C1CCCCC1C. The van der Waals surface area contributed by atoms with Gasteiger partial charge in [0.05, 0.1) is 0 Å². The maximum absolute atomic E-state index is 6.14. The Kier molecular flexibility index (Phi) is 5.62. The number of aryl methyl sites for hydroxylation is 1. The molecule has 112 valence electrons. The van der Waals surface area contributed by atoms with Gasteiger partial charge in [-0.05, 0) is 43.4 Å². The van der Waals surface area contributed by atoms with Crippen LogP contribution in [0.5, 0.6) is 0 Å². The second kappa shape index (κ2) is 7.24. The Labute approximate surface area is 124 Å². The van der Waals surface area contributed by atoms with Crippen molar-refractivity contribution in [2.75, 3.05) is 13.6 Å². The Hall–Kier alpha value is -0.860. The topological polar surface area (TPSA) is 29.3 Å². The van der Waals surface area contributed by atoms with E-state index in [0.717, 1.165) is 12.3 Å². The van der Waals surface area contributed by atoms with E-state index in [0.29, 0.717) is 18.6 Å². The standard InChI is InChI=1S/C18H30N2/c1-4-15-10-6-7-11-16(15)18(13-19)20(3)17-12-8-5-9-14(17)2/h6-7,10-11,14,17-18H,4-5,8-9,12-13,19H2,1-3H3. The molecule has 0 saturated heterocycles. The predicted octanol–water partition coefficient (Wildman–Crippen LogP) is 3.76. The van der Waals surface area contributed by atoms with Crippen molar-refractivity contribution in [3.63, 3.8) is 0 Å². The van der Waals surface area contributed by atoms with Crippen LogP contribution in [-0.4, -0.2) is 24.5 Å². The molecule has 0 radical (unpaired) electrons. The monoisotopic (exact) mass is 274 g/mol. The Morgan fingerprint density at radius 2 is 1.95 bits per heavy atom. The zero-order chi connectivity index (χ0) is 14.5. The maximum atomic E-state index is 6.14. The molecule has 1 aromatic carbocycles. The molecule has 2 nitrogen and oxygen atoms in total. The van der Waals surface area contributed by atoms with Gasteiger partial charge in [-0.15, -0.1) is 0 Å². The molecule has 3 atom stereocenters. The lowest BCUT2D eigenvalue weighted by molar-refractivity contribution is 0.0988. The summed E-state index contributed by atoms with van der Waals surface area (Å²) in [6, 6.07) is 9.84. The average molecular weight is 274 g/mol. The van der Waals surface area contributed by atoms with Crippen LogP contribution in [0.1, 0.15) is 56.7 Å². The first-order valence-electron chi connectivity index (χ1n) is 8.18. The fourth-order valence-electron chi connectivity index (χ4n) is 3.83. The minimum absolute atomic E-state index is 0.358. The normalized spacial score (nSPS) is 24.9. The fraction of sp³-hybridized carbons (Fsp3) is 0.667. The van der Waals surface area contributed by atoms with Crippen molar-refractivity contribution in [2.24, 2.45) is 11.7 Å². The number of rotatable bonds is 5. The van der Waals surface area contributed by atoms with Crippen molar-refractivity contribution in [1.29, 1.82) is 0 Å². The number of benzene rings is 1. The molecule has 20 heavy (non-hydrogen) atoms. The molecule has 1 saturated carbocycles. The summed E-state index contributed by atoms with van der Waals surface area (Å²) in [4.78, 5) is 2.55. The minimum atomic E-state index is 0.358. The lowest BCUT2D eigenvalue weighted by atomic mass is 9.83. The van der Waals surface area contributed by atoms with Crippen molar-refractivity contribution in [3.05, 3.63) is 35.4 Å². The summed E-state index contributed by atoms with van der Waals surface area (Å²) in [5, 5.41) is 0. The van der Waals surface area contributed by atoms with Crippen LogP contribution in [0.4, 0.5) is 0 Å². The van der Waals surface area contributed by atoms with Gasteiger partial charge in [0.25, 0.3) is 0 Å². The van der Waals surface area contributed by atoms with E-state index in [-0.39, 0.29) is 0 Å². The van der Waals surface area contributed by atoms with Crippen molar-refractivity contribution < 1.29 is 0 Å². The van der Waals surface area contributed by atoms with Crippen LogP contribution < -0.4 is 5.73 Å². The maximum Gasteiger partial charge on any atom is 0.0473 e. The molecule has 2 N–H and O–H groups in total. The molecule has 1 fully saturated rings. The summed E-state index contributed by atoms with van der Waals surface area (Å²) < 4.78 is 0. The molecule has 1 aliphatic carbocycles. The molecular formula is C18H30N2. The third kappa shape index (κ3) is 3.24. The highest BCUT2D eigenvalue weighted by atomic mass is 15.2. The largest absolute Gasteiger partial charge is 0.329 e. The van der Waals surface area contributed by atoms with Crippen molar-refractivity contribution in [2.45, 2.75) is 58.0 Å². The first kappa shape index (κ1) is 15.5. The van der Waals surface area contributed by atoms with Crippen LogP contribution in [0.3, 0.4) is 0 Å². The van der Waals surface area contributed by atoms with E-state index < -0.39 is 0 Å². The predicted molar refractivity (Wildman–Crippen MR) is 86.8 cm³/mol. The molecule has 0 amide bonds. The van der Waals surface area contributed by atoms with Crippen LogP contribution in [-0.2, 0) is 6.42 Å². The number of nitrogens with two attached hydrogens (primary N) is 1. The lowest BCUT2D eigenvalue weighted by Crippen LogP contribution is -2.43.